The molecule has 1 unspecified atom stereocenters. The van der Waals surface area contributed by atoms with Crippen LogP contribution in [0.4, 0.5) is 16.2 Å². The molecular weight excluding hydrogens is 347 g/mol. The van der Waals surface area contributed by atoms with Gasteiger partial charge in [-0.25, -0.2) is 9.37 Å². The van der Waals surface area contributed by atoms with Crippen molar-refractivity contribution in [3.8, 4) is 0 Å². The van der Waals surface area contributed by atoms with Crippen molar-refractivity contribution in [1.82, 2.24) is 19.8 Å². The predicted octanol–water partition coefficient (Wildman–Crippen LogP) is 1.57. The Morgan fingerprint density at radius 1 is 1.30 bits per heavy atom. The number of carbonyl (C=O) groups is 1. The monoisotopic (exact) mass is 376 g/mol. The second-order valence-corrected chi connectivity index (χ2v) is 8.22. The number of nitrogens with zero attached hydrogens (tertiary/aromatic N) is 5. The smallest absolute Gasteiger partial charge is 0.227 e. The highest BCUT2D eigenvalue weighted by molar-refractivity contribution is 5.76. The highest BCUT2D eigenvalue weighted by Gasteiger charge is 2.43. The fraction of sp³-hybridized carbons (Fsp3) is 0.737. The molecule has 2 saturated heterocycles. The third-order valence-corrected chi connectivity index (χ3v) is 6.43. The number of hydrogen-bond acceptors (Lipinski definition) is 6. The topological polar surface area (TPSA) is 64.6 Å². The summed E-state index contributed by atoms with van der Waals surface area (Å²) in [5.41, 5.74) is -0.0657. The second-order valence-electron chi connectivity index (χ2n) is 8.22. The highest BCUT2D eigenvalue weighted by atomic mass is 19.1. The molecule has 3 heterocycles. The van der Waals surface area contributed by atoms with Crippen LogP contribution in [0, 0.1) is 11.7 Å². The van der Waals surface area contributed by atoms with Crippen LogP contribution >= 0.6 is 0 Å². The Balaban J connectivity index is 1.52. The number of halogens is 1. The van der Waals surface area contributed by atoms with Crippen LogP contribution in [0.25, 0.3) is 0 Å². The first-order valence-corrected chi connectivity index (χ1v) is 9.95. The fourth-order valence-electron chi connectivity index (χ4n) is 4.35. The Kier molecular flexibility index (Phi) is 4.92. The number of anilines is 2. The van der Waals surface area contributed by atoms with Gasteiger partial charge in [-0.3, -0.25) is 9.69 Å². The number of piperazine rings is 1. The molecule has 7 nitrogen and oxygen atoms in total. The van der Waals surface area contributed by atoms with Crippen molar-refractivity contribution in [2.75, 3.05) is 57.0 Å². The minimum absolute atomic E-state index is 0.0657. The van der Waals surface area contributed by atoms with Crippen LogP contribution < -0.4 is 10.2 Å². The van der Waals surface area contributed by atoms with Gasteiger partial charge in [0.2, 0.25) is 11.9 Å². The van der Waals surface area contributed by atoms with E-state index in [0.29, 0.717) is 18.3 Å². The van der Waals surface area contributed by atoms with Crippen LogP contribution in [0.1, 0.15) is 32.1 Å². The van der Waals surface area contributed by atoms with E-state index in [-0.39, 0.29) is 11.4 Å². The third kappa shape index (κ3) is 3.72. The van der Waals surface area contributed by atoms with E-state index in [9.17, 15) is 9.18 Å². The normalized spacial score (nSPS) is 27.1. The van der Waals surface area contributed by atoms with Crippen LogP contribution in [0.2, 0.25) is 0 Å². The molecule has 0 aromatic carbocycles. The van der Waals surface area contributed by atoms with E-state index >= 15 is 0 Å². The van der Waals surface area contributed by atoms with Crippen molar-refractivity contribution in [1.29, 1.82) is 0 Å². The van der Waals surface area contributed by atoms with E-state index in [1.54, 1.807) is 7.05 Å². The number of hydrogen-bond donors (Lipinski definition) is 1. The van der Waals surface area contributed by atoms with Crippen molar-refractivity contribution >= 4 is 17.7 Å². The summed E-state index contributed by atoms with van der Waals surface area (Å²) < 4.78 is 13.7. The molecule has 1 aromatic heterocycles. The lowest BCUT2D eigenvalue weighted by molar-refractivity contribution is -0.130. The van der Waals surface area contributed by atoms with E-state index in [0.717, 1.165) is 51.5 Å². The summed E-state index contributed by atoms with van der Waals surface area (Å²) in [6.45, 7) is 4.19. The van der Waals surface area contributed by atoms with Gasteiger partial charge in [-0.2, -0.15) is 4.98 Å². The number of amides is 1. The molecule has 0 radical (unpaired) electrons. The Hall–Kier alpha value is -1.96. The van der Waals surface area contributed by atoms with E-state index < -0.39 is 5.82 Å². The van der Waals surface area contributed by atoms with Crippen LogP contribution in [0.5, 0.6) is 0 Å². The average molecular weight is 376 g/mol. The largest absolute Gasteiger partial charge is 0.371 e. The first-order valence-electron chi connectivity index (χ1n) is 9.95. The molecule has 27 heavy (non-hydrogen) atoms. The van der Waals surface area contributed by atoms with Gasteiger partial charge in [0.25, 0.3) is 0 Å². The molecule has 1 saturated carbocycles. The molecule has 2 aliphatic heterocycles. The average Bonchev–Trinajstić information content (AvgIpc) is 3.50. The van der Waals surface area contributed by atoms with Crippen LogP contribution in [0.15, 0.2) is 6.20 Å². The highest BCUT2D eigenvalue weighted by Crippen LogP contribution is 2.35. The van der Waals surface area contributed by atoms with Crippen LogP contribution in [-0.4, -0.2) is 78.0 Å². The molecule has 3 aliphatic rings. The summed E-state index contributed by atoms with van der Waals surface area (Å²) in [4.78, 5) is 27.8. The number of nitrogens with one attached hydrogen (secondary N) is 1. The van der Waals surface area contributed by atoms with E-state index in [2.05, 4.69) is 37.0 Å². The number of rotatable bonds is 4. The van der Waals surface area contributed by atoms with Gasteiger partial charge in [0.15, 0.2) is 11.6 Å². The molecule has 4 rings (SSSR count). The molecular formula is C19H29FN6O. The molecule has 8 heteroatoms. The third-order valence-electron chi connectivity index (χ3n) is 6.43. The van der Waals surface area contributed by atoms with Gasteiger partial charge in [-0.05, 0) is 38.6 Å². The standard InChI is InChI=1S/C19H29FN6O/c1-21-17-15(20)11-22-18(23-17)26-10-9-24(2)19(13-26)6-5-16(27)25(8-7-19)12-14-3-4-14/h11,14H,3-10,12-13H2,1-2H3,(H,21,22,23). The molecule has 1 aromatic rings. The van der Waals surface area contributed by atoms with Crippen LogP contribution in [0.3, 0.4) is 0 Å². The zero-order chi connectivity index (χ0) is 19.0. The summed E-state index contributed by atoms with van der Waals surface area (Å²) in [6, 6.07) is 0. The number of likely N-dealkylation sites (tertiary alicyclic amines) is 1. The number of likely N-dealkylation sites (N-methyl/N-ethyl adjacent to an activating group) is 1. The molecule has 1 N–H and O–H groups in total. The molecule has 1 aliphatic carbocycles. The van der Waals surface area contributed by atoms with Gasteiger partial charge in [0.1, 0.15) is 0 Å². The first-order chi connectivity index (χ1) is 13.0. The lowest BCUT2D eigenvalue weighted by Gasteiger charge is -2.49. The van der Waals surface area contributed by atoms with Crippen molar-refractivity contribution in [2.45, 2.75) is 37.6 Å². The Morgan fingerprint density at radius 2 is 2.11 bits per heavy atom. The SMILES string of the molecule is CNc1nc(N2CCN(C)C3(CCC(=O)N(CC4CC4)CC3)C2)ncc1F. The van der Waals surface area contributed by atoms with Crippen molar-refractivity contribution in [3.05, 3.63) is 12.0 Å². The van der Waals surface area contributed by atoms with Crippen molar-refractivity contribution in [2.24, 2.45) is 5.92 Å². The fourth-order valence-corrected chi connectivity index (χ4v) is 4.35. The number of carbonyl (C=O) groups excluding carboxylic acids is 1. The van der Waals surface area contributed by atoms with Crippen molar-refractivity contribution in [3.63, 3.8) is 0 Å². The lowest BCUT2D eigenvalue weighted by Crippen LogP contribution is -2.61. The zero-order valence-corrected chi connectivity index (χ0v) is 16.2. The maximum Gasteiger partial charge on any atom is 0.227 e. The lowest BCUT2D eigenvalue weighted by atomic mass is 9.86. The second kappa shape index (κ2) is 7.22. The van der Waals surface area contributed by atoms with Crippen molar-refractivity contribution < 1.29 is 9.18 Å². The molecule has 1 spiro atoms. The Bertz CT molecular complexity index is 711. The minimum atomic E-state index is -0.444. The summed E-state index contributed by atoms with van der Waals surface area (Å²) >= 11 is 0. The zero-order valence-electron chi connectivity index (χ0n) is 16.2. The summed E-state index contributed by atoms with van der Waals surface area (Å²) in [5, 5.41) is 2.79. The molecule has 148 valence electrons. The van der Waals surface area contributed by atoms with Gasteiger partial charge in [-0.15, -0.1) is 0 Å². The van der Waals surface area contributed by atoms with E-state index in [1.165, 1.54) is 19.0 Å². The van der Waals surface area contributed by atoms with Gasteiger partial charge in [0.05, 0.1) is 6.20 Å². The maximum atomic E-state index is 13.7. The van der Waals surface area contributed by atoms with Gasteiger partial charge in [0, 0.05) is 51.7 Å². The Labute approximate surface area is 159 Å². The number of aromatic nitrogens is 2. The molecule has 3 fully saturated rings. The van der Waals surface area contributed by atoms with Gasteiger partial charge < -0.3 is 15.1 Å². The Morgan fingerprint density at radius 3 is 2.85 bits per heavy atom. The quantitative estimate of drug-likeness (QED) is 0.861. The molecule has 1 atom stereocenters. The molecule has 0 bridgehead atoms. The molecule has 1 amide bonds. The predicted molar refractivity (Wildman–Crippen MR) is 102 cm³/mol. The summed E-state index contributed by atoms with van der Waals surface area (Å²) in [7, 11) is 3.81. The summed E-state index contributed by atoms with van der Waals surface area (Å²) in [6.07, 6.45) is 6.15. The van der Waals surface area contributed by atoms with E-state index in [4.69, 9.17) is 0 Å². The van der Waals surface area contributed by atoms with E-state index in [1.807, 2.05) is 0 Å². The maximum absolute atomic E-state index is 13.7. The van der Waals surface area contributed by atoms with Crippen LogP contribution in [-0.2, 0) is 4.79 Å². The summed E-state index contributed by atoms with van der Waals surface area (Å²) in [5.74, 6) is 1.34. The van der Waals surface area contributed by atoms with Gasteiger partial charge in [-0.1, -0.05) is 0 Å². The minimum Gasteiger partial charge on any atom is -0.371 e. The van der Waals surface area contributed by atoms with Gasteiger partial charge >= 0.3 is 0 Å². The first kappa shape index (κ1) is 18.4.